The van der Waals surface area contributed by atoms with Crippen molar-refractivity contribution in [1.29, 1.82) is 0 Å². The van der Waals surface area contributed by atoms with Crippen molar-refractivity contribution in [2.24, 2.45) is 0 Å². The van der Waals surface area contributed by atoms with Gasteiger partial charge in [0, 0.05) is 24.5 Å². The molecular formula is C39H40F2N4O3S. The minimum Gasteiger partial charge on any atom is -0.477 e. The molecule has 2 saturated heterocycles. The minimum atomic E-state index is -0.960. The van der Waals surface area contributed by atoms with Gasteiger partial charge >= 0.3 is 5.97 Å². The first-order chi connectivity index (χ1) is 23.9. The maximum atomic E-state index is 14.6. The van der Waals surface area contributed by atoms with E-state index in [0.29, 0.717) is 11.6 Å². The predicted octanol–water partition coefficient (Wildman–Crippen LogP) is 8.70. The maximum absolute atomic E-state index is 14.6. The highest BCUT2D eigenvalue weighted by Crippen LogP contribution is 2.47. The van der Waals surface area contributed by atoms with Gasteiger partial charge in [-0.3, -0.25) is 4.79 Å². The molecule has 0 radical (unpaired) electrons. The second-order valence-electron chi connectivity index (χ2n) is 13.9. The summed E-state index contributed by atoms with van der Waals surface area (Å²) in [4.78, 5) is 35.8. The van der Waals surface area contributed by atoms with Gasteiger partial charge in [0.1, 0.15) is 23.1 Å². The molecule has 3 aromatic heterocycles. The SMILES string of the molecule is O=C(O)c1cc2c(s1)c(C1CCCCC1)c(-c1ccc3nc(-c4c(F)cccc4F)ccc3c1)n2CC(=O)N1CCC(N2CCCC2)CC1. The van der Waals surface area contributed by atoms with Gasteiger partial charge in [-0.05, 0) is 105 Å². The monoisotopic (exact) mass is 682 g/mol. The van der Waals surface area contributed by atoms with Crippen LogP contribution in [0, 0.1) is 11.6 Å². The van der Waals surface area contributed by atoms with Gasteiger partial charge in [0.25, 0.3) is 0 Å². The predicted molar refractivity (Wildman–Crippen MR) is 189 cm³/mol. The van der Waals surface area contributed by atoms with E-state index in [4.69, 9.17) is 0 Å². The fraction of sp³-hybridized carbons (Fsp3) is 0.410. The van der Waals surface area contributed by atoms with Crippen LogP contribution in [0.25, 0.3) is 43.6 Å². The lowest BCUT2D eigenvalue weighted by Gasteiger charge is -2.36. The Bertz CT molecular complexity index is 2030. The lowest BCUT2D eigenvalue weighted by atomic mass is 9.83. The zero-order valence-electron chi connectivity index (χ0n) is 27.5. The highest BCUT2D eigenvalue weighted by Gasteiger charge is 2.32. The minimum absolute atomic E-state index is 0.0512. The number of halogens is 2. The average molecular weight is 683 g/mol. The van der Waals surface area contributed by atoms with Crippen molar-refractivity contribution < 1.29 is 23.5 Å². The molecule has 0 atom stereocenters. The number of carboxylic acids is 1. The number of hydrogen-bond acceptors (Lipinski definition) is 5. The molecule has 8 rings (SSSR count). The molecule has 5 heterocycles. The number of aromatic nitrogens is 2. The molecule has 1 aliphatic carbocycles. The topological polar surface area (TPSA) is 78.7 Å². The summed E-state index contributed by atoms with van der Waals surface area (Å²) in [7, 11) is 0. The van der Waals surface area contributed by atoms with Crippen LogP contribution in [0.4, 0.5) is 8.78 Å². The third-order valence-electron chi connectivity index (χ3n) is 10.9. The molecule has 5 aromatic rings. The molecule has 10 heteroatoms. The molecule has 2 aliphatic heterocycles. The summed E-state index contributed by atoms with van der Waals surface area (Å²) < 4.78 is 32.2. The van der Waals surface area contributed by atoms with E-state index >= 15 is 0 Å². The summed E-state index contributed by atoms with van der Waals surface area (Å²) in [6.45, 7) is 3.89. The number of nitrogens with zero attached hydrogens (tertiary/aromatic N) is 4. The molecule has 0 unspecified atom stereocenters. The van der Waals surface area contributed by atoms with Crippen molar-refractivity contribution in [3.05, 3.63) is 76.7 Å². The van der Waals surface area contributed by atoms with Crippen molar-refractivity contribution >= 4 is 44.3 Å². The Morgan fingerprint density at radius 3 is 2.31 bits per heavy atom. The smallest absolute Gasteiger partial charge is 0.345 e. The molecule has 7 nitrogen and oxygen atoms in total. The summed E-state index contributed by atoms with van der Waals surface area (Å²) in [6.07, 6.45) is 9.88. The average Bonchev–Trinajstić information content (AvgIpc) is 3.87. The number of hydrogen-bond donors (Lipinski definition) is 1. The lowest BCUT2D eigenvalue weighted by Crippen LogP contribution is -2.46. The van der Waals surface area contributed by atoms with E-state index in [-0.39, 0.29) is 34.5 Å². The Labute approximate surface area is 288 Å². The van der Waals surface area contributed by atoms with Gasteiger partial charge < -0.3 is 19.5 Å². The van der Waals surface area contributed by atoms with Crippen molar-refractivity contribution in [1.82, 2.24) is 19.4 Å². The van der Waals surface area contributed by atoms with E-state index in [9.17, 15) is 23.5 Å². The summed E-state index contributed by atoms with van der Waals surface area (Å²) in [5.41, 5.74) is 4.47. The van der Waals surface area contributed by atoms with Crippen molar-refractivity contribution in [2.75, 3.05) is 26.2 Å². The van der Waals surface area contributed by atoms with Crippen LogP contribution < -0.4 is 0 Å². The normalized spacial score (nSPS) is 18.2. The number of aromatic carboxylic acids is 1. The van der Waals surface area contributed by atoms with Crippen LogP contribution in [0.5, 0.6) is 0 Å². The second kappa shape index (κ2) is 13.3. The lowest BCUT2D eigenvalue weighted by molar-refractivity contribution is -0.133. The summed E-state index contributed by atoms with van der Waals surface area (Å²) in [5.74, 6) is -1.99. The van der Waals surface area contributed by atoms with Crippen LogP contribution in [-0.2, 0) is 11.3 Å². The van der Waals surface area contributed by atoms with Gasteiger partial charge in [-0.2, -0.15) is 0 Å². The molecular weight excluding hydrogens is 643 g/mol. The van der Waals surface area contributed by atoms with Crippen LogP contribution >= 0.6 is 11.3 Å². The number of amides is 1. The standard InChI is InChI=1S/C39H40F2N4O3S/c40-28-9-6-10-29(41)36(28)31-14-11-25-21-26(12-13-30(25)42-31)37-35(24-7-2-1-3-8-24)38-32(22-33(49-38)39(47)48)45(37)23-34(46)44-19-15-27(16-20-44)43-17-4-5-18-43/h6,9-14,21-22,24,27H,1-5,7-8,15-20,23H2,(H,47,48). The maximum Gasteiger partial charge on any atom is 0.345 e. The highest BCUT2D eigenvalue weighted by atomic mass is 32.1. The number of fused-ring (bicyclic) bond motifs is 2. The van der Waals surface area contributed by atoms with Crippen LogP contribution in [0.15, 0.2) is 54.6 Å². The highest BCUT2D eigenvalue weighted by molar-refractivity contribution is 7.21. The van der Waals surface area contributed by atoms with Crippen LogP contribution in [0.2, 0.25) is 0 Å². The molecule has 254 valence electrons. The van der Waals surface area contributed by atoms with Crippen molar-refractivity contribution in [3.8, 4) is 22.5 Å². The van der Waals surface area contributed by atoms with Crippen molar-refractivity contribution in [2.45, 2.75) is 76.3 Å². The van der Waals surface area contributed by atoms with E-state index in [0.717, 1.165) is 97.1 Å². The summed E-state index contributed by atoms with van der Waals surface area (Å²) >= 11 is 1.30. The second-order valence-corrected chi connectivity index (χ2v) is 14.9. The number of rotatable bonds is 7. The number of likely N-dealkylation sites (tertiary alicyclic amines) is 2. The largest absolute Gasteiger partial charge is 0.477 e. The number of benzene rings is 2. The number of pyridine rings is 1. The Kier molecular flexibility index (Phi) is 8.70. The number of carbonyl (C=O) groups is 2. The van der Waals surface area contributed by atoms with Crippen LogP contribution in [0.1, 0.15) is 78.9 Å². The number of carbonyl (C=O) groups excluding carboxylic acids is 1. The third-order valence-corrected chi connectivity index (χ3v) is 12.1. The van der Waals surface area contributed by atoms with Gasteiger partial charge in [-0.15, -0.1) is 11.3 Å². The zero-order chi connectivity index (χ0) is 33.6. The van der Waals surface area contributed by atoms with Gasteiger partial charge in [0.05, 0.1) is 32.7 Å². The molecule has 0 spiro atoms. The van der Waals surface area contributed by atoms with E-state index < -0.39 is 17.6 Å². The summed E-state index contributed by atoms with van der Waals surface area (Å²) in [5, 5.41) is 10.8. The number of thiophene rings is 1. The number of carboxylic acid groups (broad SMARTS) is 1. The van der Waals surface area contributed by atoms with Crippen molar-refractivity contribution in [3.63, 3.8) is 0 Å². The Morgan fingerprint density at radius 2 is 1.59 bits per heavy atom. The van der Waals surface area contributed by atoms with Gasteiger partial charge in [0.15, 0.2) is 0 Å². The van der Waals surface area contributed by atoms with E-state index in [2.05, 4.69) is 14.5 Å². The molecule has 0 bridgehead atoms. The summed E-state index contributed by atoms with van der Waals surface area (Å²) in [6, 6.07) is 15.4. The van der Waals surface area contributed by atoms with Gasteiger partial charge in [0.2, 0.25) is 5.91 Å². The first-order valence-electron chi connectivity index (χ1n) is 17.6. The molecule has 1 amide bonds. The first-order valence-corrected chi connectivity index (χ1v) is 18.4. The Morgan fingerprint density at radius 1 is 0.857 bits per heavy atom. The molecule has 1 N–H and O–H groups in total. The molecule has 3 aliphatic rings. The first kappa shape index (κ1) is 32.1. The van der Waals surface area contributed by atoms with E-state index in [1.165, 1.54) is 48.8 Å². The molecule has 1 saturated carbocycles. The van der Waals surface area contributed by atoms with Crippen LogP contribution in [0.3, 0.4) is 0 Å². The molecule has 2 aromatic carbocycles. The van der Waals surface area contributed by atoms with Crippen LogP contribution in [-0.4, -0.2) is 68.6 Å². The zero-order valence-corrected chi connectivity index (χ0v) is 28.3. The number of piperidine rings is 1. The third kappa shape index (κ3) is 6.03. The fourth-order valence-corrected chi connectivity index (χ4v) is 9.60. The van der Waals surface area contributed by atoms with E-state index in [1.54, 1.807) is 12.1 Å². The van der Waals surface area contributed by atoms with Gasteiger partial charge in [-0.1, -0.05) is 37.5 Å². The molecule has 3 fully saturated rings. The van der Waals surface area contributed by atoms with E-state index in [1.807, 2.05) is 29.2 Å². The quantitative estimate of drug-likeness (QED) is 0.186. The Hall–Kier alpha value is -4.15. The van der Waals surface area contributed by atoms with Gasteiger partial charge in [-0.25, -0.2) is 18.6 Å². The Balaban J connectivity index is 1.20. The molecule has 49 heavy (non-hydrogen) atoms. The fourth-order valence-electron chi connectivity index (χ4n) is 8.48.